The number of carbonyl (C=O) groups is 4. The van der Waals surface area contributed by atoms with Gasteiger partial charge in [-0.25, -0.2) is 0 Å². The van der Waals surface area contributed by atoms with Gasteiger partial charge in [-0.2, -0.15) is 0 Å². The summed E-state index contributed by atoms with van der Waals surface area (Å²) >= 11 is 7.93. The molecule has 8 heteroatoms. The first-order valence-electron chi connectivity index (χ1n) is 29.5. The van der Waals surface area contributed by atoms with E-state index >= 15 is 0 Å². The molecule has 72 heavy (non-hydrogen) atoms. The molecule has 392 valence electrons. The van der Waals surface area contributed by atoms with E-state index in [0.717, 1.165) is 92.6 Å². The Bertz CT molecular complexity index is 2420. The fraction of sp³-hybridized carbons (Fsp3) is 0.625. The molecule has 0 spiro atoms. The van der Waals surface area contributed by atoms with Gasteiger partial charge in [-0.15, -0.1) is 0 Å². The van der Waals surface area contributed by atoms with E-state index in [1.165, 1.54) is 154 Å². The summed E-state index contributed by atoms with van der Waals surface area (Å²) in [4.78, 5) is 62.4. The molecular weight excluding hydrogens is 1020 g/mol. The first kappa shape index (κ1) is 56.4. The van der Waals surface area contributed by atoms with Crippen molar-refractivity contribution < 1.29 is 19.2 Å². The molecule has 4 amide bonds. The average molecular weight is 1110 g/mol. The van der Waals surface area contributed by atoms with E-state index in [2.05, 4.69) is 59.6 Å². The minimum absolute atomic E-state index is 0.209. The normalized spacial score (nSPS) is 14.7. The van der Waals surface area contributed by atoms with Crippen LogP contribution in [0, 0.1) is 11.8 Å². The number of hydrogen-bond acceptors (Lipinski definition) is 4. The monoisotopic (exact) mass is 1110 g/mol. The number of fused-ring (bicyclic) bond motifs is 2. The molecule has 5 aromatic rings. The Labute approximate surface area is 450 Å². The van der Waals surface area contributed by atoms with Crippen LogP contribution in [0.15, 0.2) is 45.3 Å². The highest BCUT2D eigenvalue weighted by atomic mass is 79.9. The smallest absolute Gasteiger partial charge is 0.261 e. The lowest BCUT2D eigenvalue weighted by Gasteiger charge is -2.33. The molecule has 0 aliphatic carbocycles. The van der Waals surface area contributed by atoms with Crippen molar-refractivity contribution in [2.75, 3.05) is 13.1 Å². The second-order valence-corrected chi connectivity index (χ2v) is 23.9. The lowest BCUT2D eigenvalue weighted by molar-refractivity contribution is 0.0562. The number of hydrogen-bond donors (Lipinski definition) is 0. The minimum Gasteiger partial charge on any atom is -0.274 e. The summed E-state index contributed by atoms with van der Waals surface area (Å²) in [6.45, 7) is 9.93. The molecule has 5 aromatic carbocycles. The second kappa shape index (κ2) is 28.5. The summed E-state index contributed by atoms with van der Waals surface area (Å²) in [7, 11) is 0. The molecule has 0 N–H and O–H groups in total. The Morgan fingerprint density at radius 2 is 0.597 bits per heavy atom. The van der Waals surface area contributed by atoms with Crippen molar-refractivity contribution in [1.82, 2.24) is 9.80 Å². The molecule has 0 fully saturated rings. The standard InChI is InChI=1S/C64H88Br2N2O4/c1-5-9-13-17-21-23-27-31-35-45(33-29-25-19-15-11-7-3)43-67-61(69)49-39-37-47-58-54(66)42-52-56-50(40-38-48(60(56)58)57-53(65)41-51(63(67)71)55(49)59(47)57)62(70)68(64(52)72)44-46(34-30-26-20-16-12-8-4)36-32-28-24-22-18-14-10-6-2/h37-42,45-46H,5-36,43-44H2,1-4H3. The molecule has 0 saturated heterocycles. The third kappa shape index (κ3) is 13.4. The van der Waals surface area contributed by atoms with Crippen LogP contribution < -0.4 is 0 Å². The highest BCUT2D eigenvalue weighted by Gasteiger charge is 2.39. The topological polar surface area (TPSA) is 74.8 Å². The number of amides is 4. The summed E-state index contributed by atoms with van der Waals surface area (Å²) in [6.07, 6.45) is 39.0. The first-order chi connectivity index (χ1) is 35.2. The molecule has 0 bridgehead atoms. The number of rotatable bonds is 36. The zero-order valence-corrected chi connectivity index (χ0v) is 48.1. The van der Waals surface area contributed by atoms with Gasteiger partial charge in [-0.05, 0) is 72.6 Å². The Kier molecular flexibility index (Phi) is 22.3. The quantitative estimate of drug-likeness (QED) is 0.0173. The van der Waals surface area contributed by atoms with Gasteiger partial charge in [-0.3, -0.25) is 29.0 Å². The van der Waals surface area contributed by atoms with Crippen LogP contribution in [0.3, 0.4) is 0 Å². The Hall–Kier alpha value is -3.36. The molecule has 0 aromatic heterocycles. The van der Waals surface area contributed by atoms with E-state index in [4.69, 9.17) is 0 Å². The van der Waals surface area contributed by atoms with Gasteiger partial charge in [0.2, 0.25) is 0 Å². The van der Waals surface area contributed by atoms with Crippen LogP contribution in [0.2, 0.25) is 0 Å². The number of benzene rings is 5. The molecule has 0 radical (unpaired) electrons. The van der Waals surface area contributed by atoms with E-state index in [1.807, 2.05) is 36.4 Å². The van der Waals surface area contributed by atoms with E-state index in [0.29, 0.717) is 46.1 Å². The van der Waals surface area contributed by atoms with Gasteiger partial charge in [0.15, 0.2) is 0 Å². The predicted octanol–water partition coefficient (Wildman–Crippen LogP) is 20.2. The second-order valence-electron chi connectivity index (χ2n) is 22.2. The van der Waals surface area contributed by atoms with Crippen molar-refractivity contribution in [3.05, 3.63) is 67.6 Å². The number of unbranched alkanes of at least 4 members (excludes halogenated alkanes) is 24. The molecule has 0 saturated carbocycles. The average Bonchev–Trinajstić information content (AvgIpc) is 3.38. The summed E-state index contributed by atoms with van der Waals surface area (Å²) in [5.74, 6) is -0.313. The van der Waals surface area contributed by atoms with Crippen molar-refractivity contribution in [2.45, 2.75) is 233 Å². The number of halogens is 2. The van der Waals surface area contributed by atoms with E-state index in [1.54, 1.807) is 9.80 Å². The lowest BCUT2D eigenvalue weighted by Crippen LogP contribution is -2.43. The highest BCUT2D eigenvalue weighted by Crippen LogP contribution is 2.50. The SMILES string of the molecule is CCCCCCCCCCC(CCCCCCCC)CN1C(=O)c2ccc3c4c(Br)cc5c6c(ccc(c7c(Br)cc(c2c37)C1=O)c64)C(=O)N(CC(CCCCCCCC)CCCCCCCCCC)C5=O. The van der Waals surface area contributed by atoms with Crippen LogP contribution in [0.4, 0.5) is 0 Å². The number of nitrogens with zero attached hydrogens (tertiary/aromatic N) is 2. The molecule has 2 heterocycles. The van der Waals surface area contributed by atoms with Crippen LogP contribution in [0.5, 0.6) is 0 Å². The summed E-state index contributed by atoms with van der Waals surface area (Å²) in [5.41, 5.74) is 2.24. The van der Waals surface area contributed by atoms with Gasteiger partial charge >= 0.3 is 0 Å². The molecule has 6 nitrogen and oxygen atoms in total. The first-order valence-corrected chi connectivity index (χ1v) is 31.1. The van der Waals surface area contributed by atoms with Gasteiger partial charge in [0.1, 0.15) is 0 Å². The van der Waals surface area contributed by atoms with Gasteiger partial charge in [0.05, 0.1) is 0 Å². The zero-order valence-electron chi connectivity index (χ0n) is 44.9. The van der Waals surface area contributed by atoms with Crippen molar-refractivity contribution in [3.8, 4) is 0 Å². The molecule has 2 aliphatic rings. The van der Waals surface area contributed by atoms with Crippen LogP contribution in [0.25, 0.3) is 43.1 Å². The van der Waals surface area contributed by atoms with Crippen LogP contribution in [0.1, 0.15) is 275 Å². The number of imide groups is 2. The maximum atomic E-state index is 14.8. The van der Waals surface area contributed by atoms with E-state index in [-0.39, 0.29) is 35.5 Å². The Morgan fingerprint density at radius 3 is 0.889 bits per heavy atom. The van der Waals surface area contributed by atoms with Crippen molar-refractivity contribution in [1.29, 1.82) is 0 Å². The fourth-order valence-electron chi connectivity index (χ4n) is 12.5. The third-order valence-corrected chi connectivity index (χ3v) is 17.9. The highest BCUT2D eigenvalue weighted by molar-refractivity contribution is 9.11. The Balaban J connectivity index is 1.16. The van der Waals surface area contributed by atoms with Gasteiger partial charge in [-0.1, -0.05) is 251 Å². The molecule has 2 unspecified atom stereocenters. The van der Waals surface area contributed by atoms with Crippen LogP contribution in [-0.2, 0) is 0 Å². The van der Waals surface area contributed by atoms with Gasteiger partial charge < -0.3 is 0 Å². The van der Waals surface area contributed by atoms with Crippen molar-refractivity contribution >= 4 is 98.6 Å². The Morgan fingerprint density at radius 1 is 0.333 bits per heavy atom. The predicted molar refractivity (Wildman–Crippen MR) is 311 cm³/mol. The zero-order chi connectivity index (χ0) is 51.0. The lowest BCUT2D eigenvalue weighted by atomic mass is 9.82. The van der Waals surface area contributed by atoms with Crippen LogP contribution in [-0.4, -0.2) is 46.5 Å². The fourth-order valence-corrected chi connectivity index (χ4v) is 13.8. The largest absolute Gasteiger partial charge is 0.274 e. The van der Waals surface area contributed by atoms with Crippen molar-refractivity contribution in [2.24, 2.45) is 11.8 Å². The maximum absolute atomic E-state index is 14.8. The molecule has 2 aliphatic heterocycles. The minimum atomic E-state index is -0.218. The molecule has 2 atom stereocenters. The van der Waals surface area contributed by atoms with Crippen LogP contribution >= 0.6 is 31.9 Å². The molecule has 7 rings (SSSR count). The number of carbonyl (C=O) groups excluding carboxylic acids is 4. The maximum Gasteiger partial charge on any atom is 0.261 e. The third-order valence-electron chi connectivity index (χ3n) is 16.7. The summed E-state index contributed by atoms with van der Waals surface area (Å²) in [5, 5.41) is 6.71. The van der Waals surface area contributed by atoms with Gasteiger partial charge in [0, 0.05) is 76.6 Å². The van der Waals surface area contributed by atoms with E-state index in [9.17, 15) is 19.2 Å². The van der Waals surface area contributed by atoms with Crippen molar-refractivity contribution in [3.63, 3.8) is 0 Å². The molecular formula is C64H88Br2N2O4. The van der Waals surface area contributed by atoms with E-state index < -0.39 is 0 Å². The summed E-state index contributed by atoms with van der Waals surface area (Å²) in [6, 6.07) is 11.8. The summed E-state index contributed by atoms with van der Waals surface area (Å²) < 4.78 is 1.54. The van der Waals surface area contributed by atoms with Gasteiger partial charge in [0.25, 0.3) is 23.6 Å².